The highest BCUT2D eigenvalue weighted by Crippen LogP contribution is 2.14. The molecule has 0 atom stereocenters. The Hall–Kier alpha value is -2.77. The van der Waals surface area contributed by atoms with Crippen LogP contribution in [0.15, 0.2) is 29.3 Å². The Balaban J connectivity index is 1.98. The zero-order valence-corrected chi connectivity index (χ0v) is 17.3. The highest BCUT2D eigenvalue weighted by Gasteiger charge is 2.20. The van der Waals surface area contributed by atoms with Crippen molar-refractivity contribution in [2.75, 3.05) is 53.4 Å². The van der Waals surface area contributed by atoms with Crippen molar-refractivity contribution in [3.05, 3.63) is 29.8 Å². The van der Waals surface area contributed by atoms with Crippen LogP contribution in [-0.2, 0) is 16.1 Å². The maximum absolute atomic E-state index is 11.7. The molecule has 2 rings (SSSR count). The van der Waals surface area contributed by atoms with Crippen LogP contribution in [-0.4, -0.2) is 85.9 Å². The Kier molecular flexibility index (Phi) is 8.10. The molecule has 1 aromatic rings. The van der Waals surface area contributed by atoms with Gasteiger partial charge in [-0.15, -0.1) is 0 Å². The lowest BCUT2D eigenvalue weighted by molar-refractivity contribution is -0.131. The summed E-state index contributed by atoms with van der Waals surface area (Å²) in [7, 11) is 3.41. The predicted molar refractivity (Wildman–Crippen MR) is 109 cm³/mol. The molecule has 1 aromatic carbocycles. The molecule has 8 heteroatoms. The van der Waals surface area contributed by atoms with Crippen molar-refractivity contribution in [3.8, 4) is 5.75 Å². The van der Waals surface area contributed by atoms with E-state index in [1.54, 1.807) is 21.0 Å². The molecule has 1 aliphatic heterocycles. The van der Waals surface area contributed by atoms with Crippen LogP contribution in [0.2, 0.25) is 0 Å². The molecular formula is C20H31N5O3. The van der Waals surface area contributed by atoms with E-state index in [2.05, 4.69) is 10.2 Å². The molecule has 0 aromatic heterocycles. The van der Waals surface area contributed by atoms with E-state index in [-0.39, 0.29) is 18.4 Å². The van der Waals surface area contributed by atoms with Gasteiger partial charge in [0.15, 0.2) is 12.6 Å². The molecule has 0 saturated carbocycles. The standard InChI is InChI=1S/C20H31N5O3/c1-5-21-20(25-11-9-24(10-12-25)16(2)26)22-14-17-7-6-8-18(13-17)28-15-19(27)23(3)4/h6-8,13H,5,9-12,14-15H2,1-4H3,(H,21,22). The van der Waals surface area contributed by atoms with Gasteiger partial charge in [-0.1, -0.05) is 12.1 Å². The smallest absolute Gasteiger partial charge is 0.259 e. The molecule has 8 nitrogen and oxygen atoms in total. The molecule has 28 heavy (non-hydrogen) atoms. The first-order valence-electron chi connectivity index (χ1n) is 9.61. The monoisotopic (exact) mass is 389 g/mol. The molecule has 0 radical (unpaired) electrons. The number of hydrogen-bond donors (Lipinski definition) is 1. The molecule has 154 valence electrons. The summed E-state index contributed by atoms with van der Waals surface area (Å²) in [6, 6.07) is 7.63. The highest BCUT2D eigenvalue weighted by molar-refractivity contribution is 5.80. The van der Waals surface area contributed by atoms with Gasteiger partial charge in [-0.25, -0.2) is 4.99 Å². The number of aliphatic imine (C=N–C) groups is 1. The molecule has 1 aliphatic rings. The minimum Gasteiger partial charge on any atom is -0.484 e. The second kappa shape index (κ2) is 10.5. The Bertz CT molecular complexity index is 697. The maximum atomic E-state index is 11.7. The van der Waals surface area contributed by atoms with E-state index in [1.807, 2.05) is 36.1 Å². The minimum absolute atomic E-state index is 0.0167. The lowest BCUT2D eigenvalue weighted by Gasteiger charge is -2.36. The highest BCUT2D eigenvalue weighted by atomic mass is 16.5. The first-order valence-corrected chi connectivity index (χ1v) is 9.61. The third-order valence-electron chi connectivity index (χ3n) is 4.53. The summed E-state index contributed by atoms with van der Waals surface area (Å²) in [6.07, 6.45) is 0. The van der Waals surface area contributed by atoms with Crippen LogP contribution in [0.25, 0.3) is 0 Å². The maximum Gasteiger partial charge on any atom is 0.259 e. The van der Waals surface area contributed by atoms with Gasteiger partial charge < -0.3 is 24.8 Å². The fraction of sp³-hybridized carbons (Fsp3) is 0.550. The van der Waals surface area contributed by atoms with E-state index in [0.717, 1.165) is 31.2 Å². The number of amides is 2. The normalized spacial score (nSPS) is 14.6. The predicted octanol–water partition coefficient (Wildman–Crippen LogP) is 0.783. The fourth-order valence-electron chi connectivity index (χ4n) is 2.83. The van der Waals surface area contributed by atoms with Crippen LogP contribution in [0.5, 0.6) is 5.75 Å². The Morgan fingerprint density at radius 2 is 1.86 bits per heavy atom. The topological polar surface area (TPSA) is 77.5 Å². The van der Waals surface area contributed by atoms with E-state index in [0.29, 0.717) is 25.4 Å². The van der Waals surface area contributed by atoms with Crippen molar-refractivity contribution in [2.24, 2.45) is 4.99 Å². The van der Waals surface area contributed by atoms with Crippen LogP contribution >= 0.6 is 0 Å². The number of likely N-dealkylation sites (N-methyl/N-ethyl adjacent to an activating group) is 1. The second-order valence-electron chi connectivity index (χ2n) is 6.89. The molecule has 1 saturated heterocycles. The van der Waals surface area contributed by atoms with Crippen LogP contribution in [0, 0.1) is 0 Å². The van der Waals surface area contributed by atoms with E-state index >= 15 is 0 Å². The number of nitrogens with one attached hydrogen (secondary N) is 1. The number of carbonyl (C=O) groups excluding carboxylic acids is 2. The molecule has 0 aliphatic carbocycles. The van der Waals surface area contributed by atoms with Gasteiger partial charge in [0, 0.05) is 53.7 Å². The number of rotatable bonds is 6. The van der Waals surface area contributed by atoms with Gasteiger partial charge in [0.25, 0.3) is 5.91 Å². The summed E-state index contributed by atoms with van der Waals surface area (Å²) in [5.41, 5.74) is 1.01. The van der Waals surface area contributed by atoms with E-state index < -0.39 is 0 Å². The summed E-state index contributed by atoms with van der Waals surface area (Å²) >= 11 is 0. The van der Waals surface area contributed by atoms with Gasteiger partial charge in [0.2, 0.25) is 5.91 Å². The quantitative estimate of drug-likeness (QED) is 0.575. The van der Waals surface area contributed by atoms with Crippen molar-refractivity contribution < 1.29 is 14.3 Å². The lowest BCUT2D eigenvalue weighted by Crippen LogP contribution is -2.53. The number of carbonyl (C=O) groups is 2. The summed E-state index contributed by atoms with van der Waals surface area (Å²) in [5, 5.41) is 3.32. The SMILES string of the molecule is CCNC(=NCc1cccc(OCC(=O)N(C)C)c1)N1CCN(C(C)=O)CC1. The van der Waals surface area contributed by atoms with Crippen LogP contribution in [0.1, 0.15) is 19.4 Å². The minimum atomic E-state index is -0.0810. The lowest BCUT2D eigenvalue weighted by atomic mass is 10.2. The average Bonchev–Trinajstić information content (AvgIpc) is 2.69. The van der Waals surface area contributed by atoms with E-state index in [9.17, 15) is 9.59 Å². The number of piperazine rings is 1. The molecule has 2 amide bonds. The number of hydrogen-bond acceptors (Lipinski definition) is 4. The summed E-state index contributed by atoms with van der Waals surface area (Å²) in [5.74, 6) is 1.54. The van der Waals surface area contributed by atoms with Crippen LogP contribution in [0.3, 0.4) is 0 Å². The molecular weight excluding hydrogens is 358 g/mol. The average molecular weight is 390 g/mol. The Morgan fingerprint density at radius 3 is 2.46 bits per heavy atom. The molecule has 1 heterocycles. The van der Waals surface area contributed by atoms with Crippen molar-refractivity contribution in [3.63, 3.8) is 0 Å². The number of ether oxygens (including phenoxy) is 1. The molecule has 0 bridgehead atoms. The van der Waals surface area contributed by atoms with Crippen molar-refractivity contribution >= 4 is 17.8 Å². The van der Waals surface area contributed by atoms with Gasteiger partial charge in [-0.2, -0.15) is 0 Å². The van der Waals surface area contributed by atoms with Gasteiger partial charge in [-0.3, -0.25) is 9.59 Å². The van der Waals surface area contributed by atoms with E-state index in [4.69, 9.17) is 9.73 Å². The molecule has 1 N–H and O–H groups in total. The Morgan fingerprint density at radius 1 is 1.18 bits per heavy atom. The zero-order chi connectivity index (χ0) is 20.5. The second-order valence-corrected chi connectivity index (χ2v) is 6.89. The summed E-state index contributed by atoms with van der Waals surface area (Å²) in [4.78, 5) is 33.4. The Labute approximate surface area is 167 Å². The third-order valence-corrected chi connectivity index (χ3v) is 4.53. The van der Waals surface area contributed by atoms with Gasteiger partial charge in [-0.05, 0) is 24.6 Å². The number of benzene rings is 1. The van der Waals surface area contributed by atoms with Gasteiger partial charge in [0.05, 0.1) is 6.54 Å². The van der Waals surface area contributed by atoms with Crippen molar-refractivity contribution in [1.82, 2.24) is 20.0 Å². The zero-order valence-electron chi connectivity index (χ0n) is 17.3. The number of guanidine groups is 1. The van der Waals surface area contributed by atoms with Crippen molar-refractivity contribution in [1.29, 1.82) is 0 Å². The molecule has 0 unspecified atom stereocenters. The van der Waals surface area contributed by atoms with E-state index in [1.165, 1.54) is 4.90 Å². The fourth-order valence-corrected chi connectivity index (χ4v) is 2.83. The van der Waals surface area contributed by atoms with Gasteiger partial charge >= 0.3 is 0 Å². The van der Waals surface area contributed by atoms with Gasteiger partial charge in [0.1, 0.15) is 5.75 Å². The molecule has 0 spiro atoms. The first kappa shape index (κ1) is 21.5. The summed E-state index contributed by atoms with van der Waals surface area (Å²) < 4.78 is 5.57. The summed E-state index contributed by atoms with van der Waals surface area (Å²) in [6.45, 7) is 7.90. The van der Waals surface area contributed by atoms with Crippen LogP contribution < -0.4 is 10.1 Å². The van der Waals surface area contributed by atoms with Crippen molar-refractivity contribution in [2.45, 2.75) is 20.4 Å². The number of nitrogens with zero attached hydrogens (tertiary/aromatic N) is 4. The third kappa shape index (κ3) is 6.44. The van der Waals surface area contributed by atoms with Crippen LogP contribution in [0.4, 0.5) is 0 Å². The molecule has 1 fully saturated rings. The first-order chi connectivity index (χ1) is 13.4. The largest absolute Gasteiger partial charge is 0.484 e.